The highest BCUT2D eigenvalue weighted by Gasteiger charge is 2.15. The molecule has 0 saturated carbocycles. The summed E-state index contributed by atoms with van der Waals surface area (Å²) in [7, 11) is -3.95. The first-order valence-corrected chi connectivity index (χ1v) is 7.01. The quantitative estimate of drug-likeness (QED) is 0.590. The molecule has 1 atom stereocenters. The van der Waals surface area contributed by atoms with E-state index in [9.17, 15) is 12.6 Å². The minimum absolute atomic E-state index is 0.122. The predicted octanol–water partition coefficient (Wildman–Crippen LogP) is 0.229. The molecular weight excluding hydrogens is 268 g/mol. The maximum atomic E-state index is 11.2. The second kappa shape index (κ2) is 5.56. The number of nitrogens with zero attached hydrogens (tertiary/aromatic N) is 1. The van der Waals surface area contributed by atoms with Gasteiger partial charge < -0.3 is 0 Å². The first-order chi connectivity index (χ1) is 7.92. The fraction of sp³-hybridized carbons (Fsp3) is 0.250. The molecule has 1 unspecified atom stereocenters. The standard InChI is InChI=1S/C8H12N2O5S2/c1-2-10(16(11)12)7-3-5-8(6-4-7)17(13,14)15-9/h3-6H,2,9H2,1H3,(H,11,12). The van der Waals surface area contributed by atoms with E-state index < -0.39 is 21.4 Å². The van der Waals surface area contributed by atoms with Gasteiger partial charge in [-0.2, -0.15) is 18.6 Å². The van der Waals surface area contributed by atoms with Crippen molar-refractivity contribution in [1.82, 2.24) is 0 Å². The Hall–Kier alpha value is -1.00. The molecule has 0 radical (unpaired) electrons. The van der Waals surface area contributed by atoms with Crippen molar-refractivity contribution >= 4 is 27.1 Å². The first-order valence-electron chi connectivity index (χ1n) is 4.54. The summed E-state index contributed by atoms with van der Waals surface area (Å²) in [6, 6.07) is 5.27. The van der Waals surface area contributed by atoms with Crippen molar-refractivity contribution in [3.05, 3.63) is 24.3 Å². The Labute approximate surface area is 102 Å². The van der Waals surface area contributed by atoms with Crippen molar-refractivity contribution in [1.29, 1.82) is 0 Å². The second-order valence-electron chi connectivity index (χ2n) is 2.97. The summed E-state index contributed by atoms with van der Waals surface area (Å²) in [5, 5.41) is 0. The fourth-order valence-electron chi connectivity index (χ4n) is 1.22. The molecule has 0 bridgehead atoms. The third-order valence-electron chi connectivity index (χ3n) is 2.02. The zero-order valence-corrected chi connectivity index (χ0v) is 10.6. The Morgan fingerprint density at radius 1 is 1.41 bits per heavy atom. The highest BCUT2D eigenvalue weighted by molar-refractivity contribution is 7.86. The number of hydrogen-bond acceptors (Lipinski definition) is 5. The smallest absolute Gasteiger partial charge is 0.289 e. The van der Waals surface area contributed by atoms with Crippen LogP contribution in [0.25, 0.3) is 0 Å². The van der Waals surface area contributed by atoms with Crippen LogP contribution in [0.3, 0.4) is 0 Å². The van der Waals surface area contributed by atoms with Crippen LogP contribution >= 0.6 is 0 Å². The van der Waals surface area contributed by atoms with E-state index in [4.69, 9.17) is 4.55 Å². The fourth-order valence-corrected chi connectivity index (χ4v) is 2.32. The average Bonchev–Trinajstić information content (AvgIpc) is 2.30. The van der Waals surface area contributed by atoms with Crippen LogP contribution < -0.4 is 10.2 Å². The zero-order chi connectivity index (χ0) is 13.1. The Morgan fingerprint density at radius 3 is 2.29 bits per heavy atom. The average molecular weight is 280 g/mol. The molecular formula is C8H12N2O5S2. The van der Waals surface area contributed by atoms with E-state index >= 15 is 0 Å². The van der Waals surface area contributed by atoms with Gasteiger partial charge in [0.15, 0.2) is 0 Å². The van der Waals surface area contributed by atoms with Gasteiger partial charge in [-0.05, 0) is 31.2 Å². The van der Waals surface area contributed by atoms with Crippen LogP contribution in [0.4, 0.5) is 5.69 Å². The Morgan fingerprint density at radius 2 is 1.94 bits per heavy atom. The highest BCUT2D eigenvalue weighted by atomic mass is 32.2. The number of rotatable bonds is 5. The largest absolute Gasteiger partial charge is 0.312 e. The normalized spacial score (nSPS) is 13.4. The van der Waals surface area contributed by atoms with Crippen molar-refractivity contribution in [2.75, 3.05) is 10.8 Å². The van der Waals surface area contributed by atoms with Gasteiger partial charge in [-0.15, -0.1) is 0 Å². The summed E-state index contributed by atoms with van der Waals surface area (Å²) >= 11 is -2.16. The molecule has 0 heterocycles. The molecule has 0 spiro atoms. The predicted molar refractivity (Wildman–Crippen MR) is 62.7 cm³/mol. The lowest BCUT2D eigenvalue weighted by Crippen LogP contribution is -2.24. The van der Waals surface area contributed by atoms with Crippen LogP contribution in [0.5, 0.6) is 0 Å². The van der Waals surface area contributed by atoms with Gasteiger partial charge >= 0.3 is 10.1 Å². The minimum Gasteiger partial charge on any atom is -0.289 e. The van der Waals surface area contributed by atoms with Crippen molar-refractivity contribution in [2.45, 2.75) is 11.8 Å². The number of benzene rings is 1. The van der Waals surface area contributed by atoms with Gasteiger partial charge in [0.25, 0.3) is 11.3 Å². The third-order valence-corrected chi connectivity index (χ3v) is 3.96. The molecule has 3 N–H and O–H groups in total. The van der Waals surface area contributed by atoms with E-state index in [2.05, 4.69) is 10.2 Å². The number of nitrogens with two attached hydrogens (primary N) is 1. The van der Waals surface area contributed by atoms with Gasteiger partial charge in [-0.25, -0.2) is 4.21 Å². The molecule has 0 fully saturated rings. The topological polar surface area (TPSA) is 110 Å². The van der Waals surface area contributed by atoms with Gasteiger partial charge in [0.05, 0.1) is 10.6 Å². The summed E-state index contributed by atoms with van der Waals surface area (Å²) in [5.41, 5.74) is 0.421. The monoisotopic (exact) mass is 280 g/mol. The van der Waals surface area contributed by atoms with Gasteiger partial charge in [0.2, 0.25) is 0 Å². The van der Waals surface area contributed by atoms with Crippen molar-refractivity contribution in [2.24, 2.45) is 5.90 Å². The van der Waals surface area contributed by atoms with Gasteiger partial charge in [0.1, 0.15) is 0 Å². The van der Waals surface area contributed by atoms with Crippen LogP contribution in [0.2, 0.25) is 0 Å². The van der Waals surface area contributed by atoms with E-state index in [0.29, 0.717) is 12.2 Å². The molecule has 1 aromatic carbocycles. The summed E-state index contributed by atoms with van der Waals surface area (Å²) in [6.07, 6.45) is 0. The highest BCUT2D eigenvalue weighted by Crippen LogP contribution is 2.19. The van der Waals surface area contributed by atoms with Crippen LogP contribution in [0.1, 0.15) is 6.92 Å². The zero-order valence-electron chi connectivity index (χ0n) is 8.94. The molecule has 0 aromatic heterocycles. The molecule has 1 aromatic rings. The molecule has 17 heavy (non-hydrogen) atoms. The Bertz CT molecular complexity index is 499. The van der Waals surface area contributed by atoms with Crippen molar-refractivity contribution < 1.29 is 21.5 Å². The van der Waals surface area contributed by atoms with Crippen LogP contribution in [-0.4, -0.2) is 23.7 Å². The summed E-state index contributed by atoms with van der Waals surface area (Å²) in [4.78, 5) is -0.122. The van der Waals surface area contributed by atoms with Crippen LogP contribution in [0.15, 0.2) is 29.2 Å². The molecule has 9 heteroatoms. The second-order valence-corrected chi connectivity index (χ2v) is 5.44. The Kier molecular flexibility index (Phi) is 4.60. The van der Waals surface area contributed by atoms with Crippen molar-refractivity contribution in [3.63, 3.8) is 0 Å². The first kappa shape index (κ1) is 14.1. The molecule has 96 valence electrons. The summed E-state index contributed by atoms with van der Waals surface area (Å²) in [5.74, 6) is 4.62. The number of anilines is 1. The van der Waals surface area contributed by atoms with E-state index in [1.165, 1.54) is 28.6 Å². The van der Waals surface area contributed by atoms with E-state index in [1.807, 2.05) is 0 Å². The molecule has 7 nitrogen and oxygen atoms in total. The lowest BCUT2D eigenvalue weighted by atomic mass is 10.3. The lowest BCUT2D eigenvalue weighted by molar-refractivity contribution is 0.333. The van der Waals surface area contributed by atoms with Gasteiger partial charge in [0, 0.05) is 6.54 Å². The molecule has 1 rings (SSSR count). The maximum Gasteiger partial charge on any atom is 0.312 e. The third kappa shape index (κ3) is 3.23. The number of hydrogen-bond donors (Lipinski definition) is 2. The molecule has 0 amide bonds. The lowest BCUT2D eigenvalue weighted by Gasteiger charge is -2.17. The minimum atomic E-state index is -3.95. The van der Waals surface area contributed by atoms with E-state index in [1.54, 1.807) is 6.92 Å². The summed E-state index contributed by atoms with van der Waals surface area (Å²) < 4.78 is 47.4. The summed E-state index contributed by atoms with van der Waals surface area (Å²) in [6.45, 7) is 2.00. The van der Waals surface area contributed by atoms with Crippen LogP contribution in [0, 0.1) is 0 Å². The van der Waals surface area contributed by atoms with Gasteiger partial charge in [-0.3, -0.25) is 8.86 Å². The molecule has 0 saturated heterocycles. The van der Waals surface area contributed by atoms with Crippen molar-refractivity contribution in [3.8, 4) is 0 Å². The Balaban J connectivity index is 3.07. The maximum absolute atomic E-state index is 11.2. The van der Waals surface area contributed by atoms with E-state index in [-0.39, 0.29) is 4.90 Å². The SMILES string of the molecule is CCN(c1ccc(S(=O)(=O)ON)cc1)S(=O)O. The van der Waals surface area contributed by atoms with Gasteiger partial charge in [-0.1, -0.05) is 0 Å². The molecule has 0 aliphatic carbocycles. The molecule has 0 aliphatic rings. The van der Waals surface area contributed by atoms with Crippen LogP contribution in [-0.2, 0) is 25.7 Å². The van der Waals surface area contributed by atoms with E-state index in [0.717, 1.165) is 0 Å². The molecule has 0 aliphatic heterocycles.